The fourth-order valence-corrected chi connectivity index (χ4v) is 3.56. The normalized spacial score (nSPS) is 28.1. The second-order valence-corrected chi connectivity index (χ2v) is 6.79. The van der Waals surface area contributed by atoms with E-state index in [9.17, 15) is 4.79 Å². The van der Waals surface area contributed by atoms with Crippen LogP contribution in [0.5, 0.6) is 0 Å². The molecular formula is C14H21N7O2. The number of hydrogen-bond acceptors (Lipinski definition) is 5. The van der Waals surface area contributed by atoms with E-state index in [1.165, 1.54) is 0 Å². The summed E-state index contributed by atoms with van der Waals surface area (Å²) >= 11 is 0. The van der Waals surface area contributed by atoms with Gasteiger partial charge in [0.1, 0.15) is 6.04 Å². The zero-order valence-corrected chi connectivity index (χ0v) is 13.1. The van der Waals surface area contributed by atoms with Crippen LogP contribution in [-0.4, -0.2) is 58.2 Å². The van der Waals surface area contributed by atoms with Crippen molar-refractivity contribution in [2.75, 3.05) is 20.1 Å². The minimum Gasteiger partial charge on any atom is -0.422 e. The monoisotopic (exact) mass is 319 g/mol. The topological polar surface area (TPSA) is 124 Å². The second kappa shape index (κ2) is 4.84. The number of aromatic nitrogens is 2. The Morgan fingerprint density at radius 1 is 1.48 bits per heavy atom. The van der Waals surface area contributed by atoms with Crippen molar-refractivity contribution in [1.29, 1.82) is 5.41 Å². The Morgan fingerprint density at radius 3 is 2.96 bits per heavy atom. The molecule has 3 aliphatic rings. The number of rotatable bonds is 4. The summed E-state index contributed by atoms with van der Waals surface area (Å²) in [5, 5.41) is 18.5. The predicted molar refractivity (Wildman–Crippen MR) is 80.8 cm³/mol. The van der Waals surface area contributed by atoms with Gasteiger partial charge in [0, 0.05) is 20.1 Å². The number of likely N-dealkylation sites (N-methyl/N-ethyl adjacent to an activating group) is 1. The molecule has 23 heavy (non-hydrogen) atoms. The lowest BCUT2D eigenvalue weighted by Gasteiger charge is -2.27. The molecule has 0 unspecified atom stereocenters. The summed E-state index contributed by atoms with van der Waals surface area (Å²) in [5.74, 6) is 1.06. The highest BCUT2D eigenvalue weighted by atomic mass is 16.4. The van der Waals surface area contributed by atoms with Crippen LogP contribution >= 0.6 is 0 Å². The Kier molecular flexibility index (Phi) is 3.00. The van der Waals surface area contributed by atoms with Gasteiger partial charge in [0.05, 0.1) is 11.5 Å². The molecule has 1 aliphatic carbocycles. The molecular weight excluding hydrogens is 298 g/mol. The first-order valence-corrected chi connectivity index (χ1v) is 7.95. The lowest BCUT2D eigenvalue weighted by Crippen LogP contribution is -2.36. The van der Waals surface area contributed by atoms with Crippen molar-refractivity contribution < 1.29 is 9.21 Å². The molecule has 4 rings (SSSR count). The Balaban J connectivity index is 1.52. The molecule has 9 heteroatoms. The van der Waals surface area contributed by atoms with E-state index in [1.54, 1.807) is 4.90 Å². The maximum absolute atomic E-state index is 12.3. The number of hydrogen-bond donors (Lipinski definition) is 3. The van der Waals surface area contributed by atoms with Crippen LogP contribution in [0.25, 0.3) is 0 Å². The van der Waals surface area contributed by atoms with Gasteiger partial charge < -0.3 is 25.3 Å². The molecule has 2 bridgehead atoms. The fraction of sp³-hybridized carbons (Fsp3) is 0.714. The third-order valence-electron chi connectivity index (χ3n) is 5.30. The summed E-state index contributed by atoms with van der Waals surface area (Å²) in [6.07, 6.45) is 3.68. The highest BCUT2D eigenvalue weighted by molar-refractivity contribution is 5.77. The highest BCUT2D eigenvalue weighted by Gasteiger charge is 2.50. The van der Waals surface area contributed by atoms with E-state index in [1.807, 2.05) is 11.9 Å². The Morgan fingerprint density at radius 2 is 2.26 bits per heavy atom. The fourth-order valence-electron chi connectivity index (χ4n) is 3.56. The molecule has 0 spiro atoms. The summed E-state index contributed by atoms with van der Waals surface area (Å²) in [7, 11) is 1.85. The summed E-state index contributed by atoms with van der Waals surface area (Å²) in [6, 6.07) is 0.217. The molecule has 0 aromatic carbocycles. The van der Waals surface area contributed by atoms with Crippen LogP contribution in [0.2, 0.25) is 0 Å². The minimum atomic E-state index is -0.208. The van der Waals surface area contributed by atoms with Gasteiger partial charge in [-0.15, -0.1) is 10.2 Å². The zero-order valence-electron chi connectivity index (χ0n) is 13.1. The number of carbonyl (C=O) groups excluding carboxylic acids is 1. The standard InChI is InChI=1S/C14H21N7O2/c1-20-8-2-3-9(21(6-8)13(20)22)10-18-19-11(23-10)14(4-5-14)7-17-12(15)16/h8-9H,2-7H2,1H3,(H4,15,16,17)/t8-,9+/m1/s1. The number of nitrogens with one attached hydrogen (secondary N) is 2. The first-order valence-electron chi connectivity index (χ1n) is 7.95. The first kappa shape index (κ1) is 14.3. The molecule has 9 nitrogen and oxygen atoms in total. The van der Waals surface area contributed by atoms with E-state index < -0.39 is 0 Å². The van der Waals surface area contributed by atoms with Gasteiger partial charge >= 0.3 is 6.03 Å². The molecule has 0 radical (unpaired) electrons. The summed E-state index contributed by atoms with van der Waals surface area (Å²) < 4.78 is 5.93. The van der Waals surface area contributed by atoms with Gasteiger partial charge in [-0.05, 0) is 25.7 Å². The van der Waals surface area contributed by atoms with Crippen molar-refractivity contribution in [2.24, 2.45) is 5.73 Å². The highest BCUT2D eigenvalue weighted by Crippen LogP contribution is 2.48. The SMILES string of the molecule is CN1C(=O)N2C[C@H]1CC[C@H]2c1nnc(C2(CNC(=N)N)CC2)o1. The molecule has 1 aromatic rings. The summed E-state index contributed by atoms with van der Waals surface area (Å²) in [6.45, 7) is 1.26. The molecule has 2 aliphatic heterocycles. The molecule has 1 saturated carbocycles. The quantitative estimate of drug-likeness (QED) is 0.536. The molecule has 1 aromatic heterocycles. The van der Waals surface area contributed by atoms with Crippen LogP contribution in [0, 0.1) is 5.41 Å². The van der Waals surface area contributed by atoms with Gasteiger partial charge in [0.25, 0.3) is 0 Å². The number of urea groups is 1. The summed E-state index contributed by atoms with van der Waals surface area (Å²) in [4.78, 5) is 15.9. The number of piperidine rings is 1. The molecule has 2 amide bonds. The number of amides is 2. The molecule has 3 fully saturated rings. The van der Waals surface area contributed by atoms with Crippen LogP contribution in [0.3, 0.4) is 0 Å². The van der Waals surface area contributed by atoms with Gasteiger partial charge in [0.2, 0.25) is 11.8 Å². The maximum Gasteiger partial charge on any atom is 0.320 e. The lowest BCUT2D eigenvalue weighted by molar-refractivity contribution is 0.165. The van der Waals surface area contributed by atoms with Gasteiger partial charge in [0.15, 0.2) is 5.96 Å². The number of nitrogens with two attached hydrogens (primary N) is 1. The van der Waals surface area contributed by atoms with Gasteiger partial charge in [-0.25, -0.2) is 4.79 Å². The van der Waals surface area contributed by atoms with Crippen molar-refractivity contribution in [2.45, 2.75) is 43.2 Å². The van der Waals surface area contributed by atoms with Crippen molar-refractivity contribution in [3.05, 3.63) is 11.8 Å². The van der Waals surface area contributed by atoms with Crippen LogP contribution < -0.4 is 11.1 Å². The Labute approximate surface area is 133 Å². The third kappa shape index (κ3) is 2.22. The molecule has 124 valence electrons. The molecule has 3 heterocycles. The minimum absolute atomic E-state index is 0.0385. The number of guanidine groups is 1. The second-order valence-electron chi connectivity index (χ2n) is 6.79. The van der Waals surface area contributed by atoms with Crippen molar-refractivity contribution >= 4 is 12.0 Å². The average Bonchev–Trinajstić information content (AvgIpc) is 3.12. The number of nitrogens with zero attached hydrogens (tertiary/aromatic N) is 4. The van der Waals surface area contributed by atoms with Gasteiger partial charge in [-0.2, -0.15) is 0 Å². The summed E-state index contributed by atoms with van der Waals surface area (Å²) in [5.41, 5.74) is 5.15. The van der Waals surface area contributed by atoms with Gasteiger partial charge in [-0.3, -0.25) is 5.41 Å². The predicted octanol–water partition coefficient (Wildman–Crippen LogP) is 0.155. The van der Waals surface area contributed by atoms with E-state index in [2.05, 4.69) is 15.5 Å². The first-order chi connectivity index (χ1) is 11.0. The van der Waals surface area contributed by atoms with E-state index >= 15 is 0 Å². The zero-order chi connectivity index (χ0) is 16.2. The smallest absolute Gasteiger partial charge is 0.320 e. The van der Waals surface area contributed by atoms with Crippen LogP contribution in [0.1, 0.15) is 43.5 Å². The maximum atomic E-state index is 12.3. The van der Waals surface area contributed by atoms with E-state index in [4.69, 9.17) is 15.6 Å². The average molecular weight is 319 g/mol. The van der Waals surface area contributed by atoms with Crippen molar-refractivity contribution in [3.8, 4) is 0 Å². The number of fused-ring (bicyclic) bond motifs is 2. The van der Waals surface area contributed by atoms with Crippen LogP contribution in [0.4, 0.5) is 4.79 Å². The van der Waals surface area contributed by atoms with E-state index in [0.29, 0.717) is 24.4 Å². The Hall–Kier alpha value is -2.32. The number of carbonyl (C=O) groups is 1. The van der Waals surface area contributed by atoms with E-state index in [0.717, 1.165) is 32.2 Å². The lowest BCUT2D eigenvalue weighted by atomic mass is 10.0. The molecule has 2 saturated heterocycles. The van der Waals surface area contributed by atoms with Crippen LogP contribution in [0.15, 0.2) is 4.42 Å². The third-order valence-corrected chi connectivity index (χ3v) is 5.30. The molecule has 4 N–H and O–H groups in total. The largest absolute Gasteiger partial charge is 0.422 e. The van der Waals surface area contributed by atoms with E-state index in [-0.39, 0.29) is 23.4 Å². The Bertz CT molecular complexity index is 653. The van der Waals surface area contributed by atoms with Crippen molar-refractivity contribution in [1.82, 2.24) is 25.3 Å². The van der Waals surface area contributed by atoms with Crippen molar-refractivity contribution in [3.63, 3.8) is 0 Å². The van der Waals surface area contributed by atoms with Gasteiger partial charge in [-0.1, -0.05) is 0 Å². The van der Waals surface area contributed by atoms with Crippen LogP contribution in [-0.2, 0) is 5.41 Å². The molecule has 2 atom stereocenters.